The Morgan fingerprint density at radius 2 is 1.93 bits per heavy atom. The molecule has 29 heavy (non-hydrogen) atoms. The molecule has 1 aromatic carbocycles. The van der Waals surface area contributed by atoms with Crippen LogP contribution in [0.5, 0.6) is 11.5 Å². The molecule has 1 saturated carbocycles. The maximum absolute atomic E-state index is 12.4. The normalized spacial score (nSPS) is 19.0. The van der Waals surface area contributed by atoms with Gasteiger partial charge in [0.2, 0.25) is 5.91 Å². The number of amides is 1. The highest BCUT2D eigenvalue weighted by Gasteiger charge is 2.23. The smallest absolute Gasteiger partial charge is 0.230 e. The van der Waals surface area contributed by atoms with E-state index in [-0.39, 0.29) is 5.91 Å². The fourth-order valence-corrected chi connectivity index (χ4v) is 4.41. The van der Waals surface area contributed by atoms with Gasteiger partial charge in [-0.25, -0.2) is 0 Å². The molecule has 1 aliphatic rings. The van der Waals surface area contributed by atoms with Crippen molar-refractivity contribution < 1.29 is 14.3 Å². The first kappa shape index (κ1) is 21.5. The fourth-order valence-electron chi connectivity index (χ4n) is 3.58. The quantitative estimate of drug-likeness (QED) is 0.626. The molecule has 0 saturated heterocycles. The lowest BCUT2D eigenvalue weighted by Gasteiger charge is -2.29. The van der Waals surface area contributed by atoms with Crippen LogP contribution in [0.15, 0.2) is 29.4 Å². The van der Waals surface area contributed by atoms with Gasteiger partial charge in [-0.05, 0) is 49.9 Å². The summed E-state index contributed by atoms with van der Waals surface area (Å²) in [5.74, 6) is 3.24. The lowest BCUT2D eigenvalue weighted by atomic mass is 9.86. The number of hydrogen-bond acceptors (Lipinski definition) is 6. The van der Waals surface area contributed by atoms with Gasteiger partial charge < -0.3 is 19.4 Å². The topological polar surface area (TPSA) is 78.3 Å². The second-order valence-corrected chi connectivity index (χ2v) is 8.27. The number of hydrogen-bond donors (Lipinski definition) is 1. The number of thioether (sulfide) groups is 1. The first-order valence-electron chi connectivity index (χ1n) is 10.2. The summed E-state index contributed by atoms with van der Waals surface area (Å²) in [5, 5.41) is 12.4. The van der Waals surface area contributed by atoms with E-state index in [1.54, 1.807) is 7.11 Å². The van der Waals surface area contributed by atoms with Crippen molar-refractivity contribution in [1.29, 1.82) is 0 Å². The fraction of sp³-hybridized carbons (Fsp3) is 0.571. The molecule has 3 rings (SSSR count). The Morgan fingerprint density at radius 3 is 2.62 bits per heavy atom. The third-order valence-corrected chi connectivity index (χ3v) is 6.29. The number of nitrogens with one attached hydrogen (secondary N) is 1. The minimum absolute atomic E-state index is 0.0652. The molecule has 0 radical (unpaired) electrons. The first-order valence-corrected chi connectivity index (χ1v) is 11.2. The highest BCUT2D eigenvalue weighted by molar-refractivity contribution is 7.99. The van der Waals surface area contributed by atoms with E-state index in [1.807, 2.05) is 35.8 Å². The maximum Gasteiger partial charge on any atom is 0.230 e. The van der Waals surface area contributed by atoms with Crippen LogP contribution in [0.1, 0.15) is 45.4 Å². The van der Waals surface area contributed by atoms with Crippen LogP contribution in [0.4, 0.5) is 0 Å². The Labute approximate surface area is 176 Å². The van der Waals surface area contributed by atoms with E-state index >= 15 is 0 Å². The average Bonchev–Trinajstić information content (AvgIpc) is 3.14. The molecule has 0 unspecified atom stereocenters. The molecular formula is C21H30N4O3S. The molecule has 0 bridgehead atoms. The number of carbonyl (C=O) groups excluding carboxylic acids is 1. The van der Waals surface area contributed by atoms with Crippen LogP contribution in [0.2, 0.25) is 0 Å². The van der Waals surface area contributed by atoms with Gasteiger partial charge in [-0.1, -0.05) is 31.5 Å². The molecule has 7 nitrogen and oxygen atoms in total. The summed E-state index contributed by atoms with van der Waals surface area (Å²) in [5.41, 5.74) is 0. The molecule has 0 aliphatic heterocycles. The van der Waals surface area contributed by atoms with Crippen LogP contribution in [0.25, 0.3) is 0 Å². The molecule has 8 heteroatoms. The second-order valence-electron chi connectivity index (χ2n) is 7.33. The molecule has 1 heterocycles. The molecule has 1 aromatic heterocycles. The van der Waals surface area contributed by atoms with Gasteiger partial charge in [0.1, 0.15) is 18.1 Å². The number of benzene rings is 1. The lowest BCUT2D eigenvalue weighted by molar-refractivity contribution is -0.119. The van der Waals surface area contributed by atoms with Crippen molar-refractivity contribution in [3.05, 3.63) is 30.1 Å². The van der Waals surface area contributed by atoms with Gasteiger partial charge in [0.15, 0.2) is 11.0 Å². The Kier molecular flexibility index (Phi) is 7.80. The van der Waals surface area contributed by atoms with Crippen molar-refractivity contribution in [3.8, 4) is 11.5 Å². The van der Waals surface area contributed by atoms with Crippen LogP contribution in [0, 0.1) is 5.92 Å². The minimum atomic E-state index is 0.0652. The Hall–Kier alpha value is -2.22. The highest BCUT2D eigenvalue weighted by Crippen LogP contribution is 2.24. The van der Waals surface area contributed by atoms with Crippen LogP contribution < -0.4 is 14.8 Å². The van der Waals surface area contributed by atoms with E-state index in [1.165, 1.54) is 31.0 Å². The lowest BCUT2D eigenvalue weighted by Crippen LogP contribution is -2.41. The van der Waals surface area contributed by atoms with Gasteiger partial charge in [0, 0.05) is 12.6 Å². The van der Waals surface area contributed by atoms with Crippen LogP contribution in [-0.2, 0) is 17.9 Å². The summed E-state index contributed by atoms with van der Waals surface area (Å²) in [4.78, 5) is 12.4. The molecule has 2 aromatic rings. The second kappa shape index (κ2) is 10.5. The summed E-state index contributed by atoms with van der Waals surface area (Å²) in [6.45, 7) is 5.30. The summed E-state index contributed by atoms with van der Waals surface area (Å²) < 4.78 is 13.0. The van der Waals surface area contributed by atoms with Crippen molar-refractivity contribution in [2.45, 2.75) is 63.9 Å². The van der Waals surface area contributed by atoms with Gasteiger partial charge >= 0.3 is 0 Å². The Morgan fingerprint density at radius 1 is 1.21 bits per heavy atom. The Bertz CT molecular complexity index is 794. The molecule has 0 spiro atoms. The van der Waals surface area contributed by atoms with Crippen molar-refractivity contribution in [1.82, 2.24) is 20.1 Å². The number of rotatable bonds is 9. The van der Waals surface area contributed by atoms with Gasteiger partial charge in [-0.15, -0.1) is 10.2 Å². The number of aromatic nitrogens is 3. The molecule has 2 atom stereocenters. The summed E-state index contributed by atoms with van der Waals surface area (Å²) in [6.07, 6.45) is 4.74. The highest BCUT2D eigenvalue weighted by atomic mass is 32.2. The first-order chi connectivity index (χ1) is 14.1. The van der Waals surface area contributed by atoms with Gasteiger partial charge in [0.25, 0.3) is 0 Å². The zero-order valence-corrected chi connectivity index (χ0v) is 18.2. The zero-order chi connectivity index (χ0) is 20.6. The van der Waals surface area contributed by atoms with Crippen molar-refractivity contribution >= 4 is 17.7 Å². The van der Waals surface area contributed by atoms with Crippen molar-refractivity contribution in [2.75, 3.05) is 12.9 Å². The zero-order valence-electron chi connectivity index (χ0n) is 17.4. The maximum atomic E-state index is 12.4. The third kappa shape index (κ3) is 5.88. The van der Waals surface area contributed by atoms with Crippen molar-refractivity contribution in [3.63, 3.8) is 0 Å². The summed E-state index contributed by atoms with van der Waals surface area (Å²) >= 11 is 1.42. The molecule has 1 fully saturated rings. The monoisotopic (exact) mass is 418 g/mol. The van der Waals surface area contributed by atoms with Gasteiger partial charge in [-0.2, -0.15) is 0 Å². The number of ether oxygens (including phenoxy) is 2. The van der Waals surface area contributed by atoms with Gasteiger partial charge in [-0.3, -0.25) is 4.79 Å². The largest absolute Gasteiger partial charge is 0.497 e. The number of nitrogens with zero attached hydrogens (tertiary/aromatic N) is 3. The molecular weight excluding hydrogens is 388 g/mol. The minimum Gasteiger partial charge on any atom is -0.497 e. The molecule has 1 N–H and O–H groups in total. The standard InChI is InChI=1S/C21H30N4O3S/c1-4-25-19(13-28-17-11-9-16(27-3)10-12-17)23-24-21(25)29-14-20(26)22-18-8-6-5-7-15(18)2/h9-12,15,18H,4-8,13-14H2,1-3H3,(H,22,26)/t15-,18+/m1/s1. The van der Waals surface area contributed by atoms with Crippen LogP contribution in [-0.4, -0.2) is 39.6 Å². The van der Waals surface area contributed by atoms with E-state index in [2.05, 4.69) is 22.4 Å². The average molecular weight is 419 g/mol. The molecule has 158 valence electrons. The SMILES string of the molecule is CCn1c(COc2ccc(OC)cc2)nnc1SCC(=O)N[C@H]1CCCC[C@H]1C. The van der Waals surface area contributed by atoms with E-state index < -0.39 is 0 Å². The van der Waals surface area contributed by atoms with E-state index in [0.717, 1.165) is 35.4 Å². The van der Waals surface area contributed by atoms with Crippen LogP contribution in [0.3, 0.4) is 0 Å². The van der Waals surface area contributed by atoms with E-state index in [4.69, 9.17) is 9.47 Å². The van der Waals surface area contributed by atoms with Crippen LogP contribution >= 0.6 is 11.8 Å². The van der Waals surface area contributed by atoms with Crippen molar-refractivity contribution in [2.24, 2.45) is 5.92 Å². The predicted octanol–water partition coefficient (Wildman–Crippen LogP) is 3.67. The van der Waals surface area contributed by atoms with E-state index in [9.17, 15) is 4.79 Å². The number of methoxy groups -OCH3 is 1. The van der Waals surface area contributed by atoms with Gasteiger partial charge in [0.05, 0.1) is 12.9 Å². The summed E-state index contributed by atoms with van der Waals surface area (Å²) in [7, 11) is 1.63. The molecule has 1 amide bonds. The third-order valence-electron chi connectivity index (χ3n) is 5.33. The summed E-state index contributed by atoms with van der Waals surface area (Å²) in [6, 6.07) is 7.73. The number of carbonyl (C=O) groups is 1. The molecule has 1 aliphatic carbocycles. The predicted molar refractivity (Wildman–Crippen MR) is 113 cm³/mol. The van der Waals surface area contributed by atoms with E-state index in [0.29, 0.717) is 24.3 Å². The Balaban J connectivity index is 1.52.